The van der Waals surface area contributed by atoms with Gasteiger partial charge in [-0.25, -0.2) is 0 Å². The summed E-state index contributed by atoms with van der Waals surface area (Å²) in [7, 11) is 0. The number of benzene rings is 3. The maximum Gasteiger partial charge on any atom is 0.251 e. The molecule has 1 N–H and O–H groups in total. The molecule has 0 aliphatic heterocycles. The topological polar surface area (TPSA) is 34.0 Å². The monoisotopic (exact) mass is 420 g/mol. The highest BCUT2D eigenvalue weighted by Crippen LogP contribution is 2.33. The van der Waals surface area contributed by atoms with Gasteiger partial charge < -0.3 is 9.88 Å². The van der Waals surface area contributed by atoms with Gasteiger partial charge in [0.25, 0.3) is 5.91 Å². The Balaban J connectivity index is 1.41. The van der Waals surface area contributed by atoms with Crippen LogP contribution < -0.4 is 5.32 Å². The quantitative estimate of drug-likeness (QED) is 0.406. The molecule has 1 aliphatic carbocycles. The van der Waals surface area contributed by atoms with E-state index in [2.05, 4.69) is 89.6 Å². The van der Waals surface area contributed by atoms with E-state index in [9.17, 15) is 4.79 Å². The van der Waals surface area contributed by atoms with Crippen LogP contribution >= 0.6 is 0 Å². The average Bonchev–Trinajstić information content (AvgIpc) is 3.24. The van der Waals surface area contributed by atoms with Crippen LogP contribution in [0.15, 0.2) is 84.9 Å². The summed E-state index contributed by atoms with van der Waals surface area (Å²) in [6.45, 7) is 2.60. The molecule has 5 rings (SSSR count). The van der Waals surface area contributed by atoms with Crippen molar-refractivity contribution in [1.82, 2.24) is 9.88 Å². The fourth-order valence-corrected chi connectivity index (χ4v) is 4.57. The van der Waals surface area contributed by atoms with Crippen molar-refractivity contribution in [2.75, 3.05) is 0 Å². The lowest BCUT2D eigenvalue weighted by Crippen LogP contribution is -2.22. The van der Waals surface area contributed by atoms with Crippen LogP contribution in [0, 0.1) is 6.92 Å². The lowest BCUT2D eigenvalue weighted by molar-refractivity contribution is 0.0951. The number of amides is 1. The van der Waals surface area contributed by atoms with Gasteiger partial charge in [0, 0.05) is 23.5 Å². The zero-order chi connectivity index (χ0) is 21.9. The van der Waals surface area contributed by atoms with Gasteiger partial charge in [-0.2, -0.15) is 0 Å². The largest absolute Gasteiger partial charge is 0.348 e. The summed E-state index contributed by atoms with van der Waals surface area (Å²) in [5, 5.41) is 3.03. The zero-order valence-corrected chi connectivity index (χ0v) is 18.5. The van der Waals surface area contributed by atoms with E-state index in [1.54, 1.807) is 0 Å². The number of nitrogens with zero attached hydrogens (tertiary/aromatic N) is 1. The number of aromatic nitrogens is 1. The van der Waals surface area contributed by atoms with Gasteiger partial charge in [0.1, 0.15) is 0 Å². The lowest BCUT2D eigenvalue weighted by atomic mass is 9.98. The van der Waals surface area contributed by atoms with Crippen molar-refractivity contribution in [2.45, 2.75) is 39.2 Å². The van der Waals surface area contributed by atoms with Gasteiger partial charge in [-0.15, -0.1) is 0 Å². The van der Waals surface area contributed by atoms with Crippen LogP contribution in [0.2, 0.25) is 0 Å². The van der Waals surface area contributed by atoms with Crippen LogP contribution in [0.25, 0.3) is 16.9 Å². The molecule has 32 heavy (non-hydrogen) atoms. The zero-order valence-electron chi connectivity index (χ0n) is 18.5. The number of fused-ring (bicyclic) bond motifs is 1. The van der Waals surface area contributed by atoms with Crippen LogP contribution in [-0.2, 0) is 19.4 Å². The third-order valence-electron chi connectivity index (χ3n) is 6.33. The lowest BCUT2D eigenvalue weighted by Gasteiger charge is -2.18. The summed E-state index contributed by atoms with van der Waals surface area (Å²) in [5.41, 5.74) is 9.44. The molecule has 4 aromatic rings. The van der Waals surface area contributed by atoms with Crippen molar-refractivity contribution in [1.29, 1.82) is 0 Å². The van der Waals surface area contributed by atoms with E-state index in [1.807, 2.05) is 12.1 Å². The number of carbonyl (C=O) groups is 1. The van der Waals surface area contributed by atoms with E-state index in [4.69, 9.17) is 0 Å². The van der Waals surface area contributed by atoms with Crippen molar-refractivity contribution < 1.29 is 4.79 Å². The summed E-state index contributed by atoms with van der Waals surface area (Å²) < 4.78 is 2.39. The molecule has 3 aromatic carbocycles. The molecule has 1 aliphatic rings. The number of hydrogen-bond donors (Lipinski definition) is 1. The highest BCUT2D eigenvalue weighted by Gasteiger charge is 2.20. The molecule has 0 saturated heterocycles. The van der Waals surface area contributed by atoms with Crippen LogP contribution in [0.5, 0.6) is 0 Å². The minimum Gasteiger partial charge on any atom is -0.348 e. The van der Waals surface area contributed by atoms with Crippen molar-refractivity contribution in [3.05, 3.63) is 113 Å². The Morgan fingerprint density at radius 2 is 1.59 bits per heavy atom. The Labute approximate surface area is 189 Å². The maximum absolute atomic E-state index is 12.7. The predicted octanol–water partition coefficient (Wildman–Crippen LogP) is 6.26. The molecule has 1 heterocycles. The van der Waals surface area contributed by atoms with Gasteiger partial charge in [-0.05, 0) is 79.6 Å². The van der Waals surface area contributed by atoms with Crippen LogP contribution in [-0.4, -0.2) is 10.5 Å². The van der Waals surface area contributed by atoms with E-state index in [0.717, 1.165) is 24.1 Å². The first-order chi connectivity index (χ1) is 15.7. The molecule has 0 radical (unpaired) electrons. The number of carbonyl (C=O) groups excluding carboxylic acids is 1. The first kappa shape index (κ1) is 20.3. The molecule has 0 fully saturated rings. The molecular weight excluding hydrogens is 392 g/mol. The number of rotatable bonds is 5. The summed E-state index contributed by atoms with van der Waals surface area (Å²) in [4.78, 5) is 12.7. The van der Waals surface area contributed by atoms with Crippen molar-refractivity contribution in [2.24, 2.45) is 0 Å². The van der Waals surface area contributed by atoms with Crippen molar-refractivity contribution in [3.63, 3.8) is 0 Å². The van der Waals surface area contributed by atoms with E-state index in [0.29, 0.717) is 12.1 Å². The summed E-state index contributed by atoms with van der Waals surface area (Å²) in [6.07, 6.45) is 4.72. The predicted molar refractivity (Wildman–Crippen MR) is 130 cm³/mol. The minimum atomic E-state index is -0.0463. The second kappa shape index (κ2) is 8.88. The van der Waals surface area contributed by atoms with E-state index in [-0.39, 0.29) is 5.91 Å². The maximum atomic E-state index is 12.7. The Morgan fingerprint density at radius 3 is 2.34 bits per heavy atom. The van der Waals surface area contributed by atoms with Crippen molar-refractivity contribution >= 4 is 5.91 Å². The summed E-state index contributed by atoms with van der Waals surface area (Å²) in [6, 6.07) is 29.2. The Kier molecular flexibility index (Phi) is 5.64. The van der Waals surface area contributed by atoms with Gasteiger partial charge in [0.2, 0.25) is 0 Å². The molecule has 1 aromatic heterocycles. The third kappa shape index (κ3) is 4.11. The summed E-state index contributed by atoms with van der Waals surface area (Å²) >= 11 is 0. The average molecular weight is 421 g/mol. The molecule has 3 nitrogen and oxygen atoms in total. The van der Waals surface area contributed by atoms with E-state index < -0.39 is 0 Å². The highest BCUT2D eigenvalue weighted by atomic mass is 16.1. The molecule has 0 atom stereocenters. The Morgan fingerprint density at radius 1 is 0.875 bits per heavy atom. The molecule has 0 spiro atoms. The molecule has 0 saturated carbocycles. The number of aryl methyl sites for hydroxylation is 2. The first-order valence-corrected chi connectivity index (χ1v) is 11.4. The molecule has 0 unspecified atom stereocenters. The Hall–Kier alpha value is -3.59. The van der Waals surface area contributed by atoms with Crippen LogP contribution in [0.1, 0.15) is 45.6 Å². The van der Waals surface area contributed by atoms with Crippen LogP contribution in [0.4, 0.5) is 0 Å². The highest BCUT2D eigenvalue weighted by molar-refractivity contribution is 5.94. The SMILES string of the molecule is Cc1ccc(CNC(=O)c2ccc(-n3c(-c4ccccc4)cc4c3CCCC4)cc2)cc1. The number of hydrogen-bond acceptors (Lipinski definition) is 1. The van der Waals surface area contributed by atoms with E-state index >= 15 is 0 Å². The molecule has 160 valence electrons. The third-order valence-corrected chi connectivity index (χ3v) is 6.33. The first-order valence-electron chi connectivity index (χ1n) is 11.4. The van der Waals surface area contributed by atoms with Gasteiger partial charge >= 0.3 is 0 Å². The van der Waals surface area contributed by atoms with Crippen molar-refractivity contribution in [3.8, 4) is 16.9 Å². The fraction of sp³-hybridized carbons (Fsp3) is 0.207. The summed E-state index contributed by atoms with van der Waals surface area (Å²) in [5.74, 6) is -0.0463. The second-order valence-corrected chi connectivity index (χ2v) is 8.63. The van der Waals surface area contributed by atoms with Gasteiger partial charge in [0.15, 0.2) is 0 Å². The number of nitrogens with one attached hydrogen (secondary N) is 1. The molecule has 1 amide bonds. The Bertz CT molecular complexity index is 1220. The van der Waals surface area contributed by atoms with Crippen LogP contribution in [0.3, 0.4) is 0 Å². The van der Waals surface area contributed by atoms with Gasteiger partial charge in [0.05, 0.1) is 5.69 Å². The second-order valence-electron chi connectivity index (χ2n) is 8.63. The molecule has 0 bridgehead atoms. The molecule has 3 heteroatoms. The van der Waals surface area contributed by atoms with Gasteiger partial charge in [-0.1, -0.05) is 60.2 Å². The normalized spacial score (nSPS) is 12.9. The van der Waals surface area contributed by atoms with Gasteiger partial charge in [-0.3, -0.25) is 4.79 Å². The fourth-order valence-electron chi connectivity index (χ4n) is 4.57. The minimum absolute atomic E-state index is 0.0463. The standard InChI is InChI=1S/C29H28N2O/c1-21-11-13-22(14-12-21)20-30-29(32)24-15-17-26(18-16-24)31-27-10-6-5-9-25(27)19-28(31)23-7-3-2-4-8-23/h2-4,7-8,11-19H,5-6,9-10,20H2,1H3,(H,30,32). The smallest absolute Gasteiger partial charge is 0.251 e. The van der Waals surface area contributed by atoms with E-state index in [1.165, 1.54) is 40.9 Å². The molecular formula is C29H28N2O.